The Labute approximate surface area is 193 Å². The van der Waals surface area contributed by atoms with E-state index in [0.29, 0.717) is 36.6 Å². The van der Waals surface area contributed by atoms with E-state index in [1.807, 2.05) is 6.92 Å². The molecule has 2 aliphatic rings. The Bertz CT molecular complexity index is 1180. The zero-order valence-corrected chi connectivity index (χ0v) is 19.6. The zero-order chi connectivity index (χ0) is 23.8. The fraction of sp³-hybridized carbons (Fsp3) is 0.478. The van der Waals surface area contributed by atoms with Crippen LogP contribution >= 0.6 is 0 Å². The van der Waals surface area contributed by atoms with Crippen LogP contribution in [0.15, 0.2) is 35.5 Å². The summed E-state index contributed by atoms with van der Waals surface area (Å²) in [7, 11) is -3.51. The minimum Gasteiger partial charge on any atom is -0.325 e. The van der Waals surface area contributed by atoms with E-state index in [1.165, 1.54) is 27.3 Å². The quantitative estimate of drug-likeness (QED) is 0.713. The number of nitrogens with zero attached hydrogens (tertiary/aromatic N) is 3. The minimum absolute atomic E-state index is 0.0523. The summed E-state index contributed by atoms with van der Waals surface area (Å²) in [5.74, 6) is -1.11. The molecule has 1 aliphatic carbocycles. The third kappa shape index (κ3) is 4.77. The van der Waals surface area contributed by atoms with Gasteiger partial charge in [-0.05, 0) is 37.1 Å². The van der Waals surface area contributed by atoms with E-state index >= 15 is 0 Å². The minimum atomic E-state index is -3.51. The number of carbonyl (C=O) groups is 3. The molecule has 2 unspecified atom stereocenters. The van der Waals surface area contributed by atoms with E-state index in [9.17, 15) is 22.8 Å². The number of amides is 1. The van der Waals surface area contributed by atoms with Crippen LogP contribution in [0, 0.1) is 11.8 Å². The topological polar surface area (TPSA) is 118 Å². The Morgan fingerprint density at radius 3 is 2.36 bits per heavy atom. The van der Waals surface area contributed by atoms with Crippen molar-refractivity contribution in [2.75, 3.05) is 18.4 Å². The smallest absolute Gasteiger partial charge is 0.244 e. The third-order valence-corrected chi connectivity index (χ3v) is 8.21. The summed E-state index contributed by atoms with van der Waals surface area (Å²) in [4.78, 5) is 42.2. The molecule has 0 spiro atoms. The Morgan fingerprint density at radius 1 is 1.06 bits per heavy atom. The van der Waals surface area contributed by atoms with Gasteiger partial charge >= 0.3 is 0 Å². The van der Waals surface area contributed by atoms with Crippen LogP contribution in [0.5, 0.6) is 0 Å². The molecular weight excluding hydrogens is 444 g/mol. The number of ketones is 2. The molecule has 1 saturated heterocycles. The molecule has 9 nitrogen and oxygen atoms in total. The van der Waals surface area contributed by atoms with E-state index in [2.05, 4.69) is 10.3 Å². The highest BCUT2D eigenvalue weighted by atomic mass is 32.2. The van der Waals surface area contributed by atoms with Crippen molar-refractivity contribution < 1.29 is 22.8 Å². The van der Waals surface area contributed by atoms with Crippen LogP contribution in [-0.4, -0.2) is 52.8 Å². The van der Waals surface area contributed by atoms with Crippen molar-refractivity contribution >= 4 is 33.2 Å². The average Bonchev–Trinajstić information content (AvgIpc) is 3.44. The summed E-state index contributed by atoms with van der Waals surface area (Å²) in [6.07, 6.45) is 3.65. The van der Waals surface area contributed by atoms with Gasteiger partial charge in [0.25, 0.3) is 0 Å². The van der Waals surface area contributed by atoms with Crippen LogP contribution in [0.25, 0.3) is 0 Å². The predicted molar refractivity (Wildman–Crippen MR) is 121 cm³/mol. The largest absolute Gasteiger partial charge is 0.325 e. The van der Waals surface area contributed by atoms with Crippen molar-refractivity contribution in [3.8, 4) is 0 Å². The number of imidazole rings is 1. The van der Waals surface area contributed by atoms with Gasteiger partial charge in [-0.3, -0.25) is 14.4 Å². The van der Waals surface area contributed by atoms with Gasteiger partial charge in [-0.15, -0.1) is 0 Å². The Hall–Kier alpha value is -2.85. The first-order valence-corrected chi connectivity index (χ1v) is 12.6. The van der Waals surface area contributed by atoms with Gasteiger partial charge < -0.3 is 9.88 Å². The molecule has 33 heavy (non-hydrogen) atoms. The summed E-state index contributed by atoms with van der Waals surface area (Å²) in [6, 6.07) is 6.08. The number of fused-ring (bicyclic) bond motifs is 1. The monoisotopic (exact) mass is 472 g/mol. The van der Waals surface area contributed by atoms with Gasteiger partial charge in [0.2, 0.25) is 15.9 Å². The summed E-state index contributed by atoms with van der Waals surface area (Å²) < 4.78 is 28.3. The average molecular weight is 473 g/mol. The second kappa shape index (κ2) is 9.18. The summed E-state index contributed by atoms with van der Waals surface area (Å²) >= 11 is 0. The molecule has 2 atom stereocenters. The molecule has 2 heterocycles. The number of nitrogens with one attached hydrogen (secondary N) is 1. The van der Waals surface area contributed by atoms with Crippen LogP contribution < -0.4 is 5.32 Å². The SMILES string of the molecule is CC1CC(=O)c2c(ncn2CC(=O)Nc2ccc(S(=O)(=O)N3CCCC3)cc2)CC(C)C1=O. The molecule has 1 aromatic heterocycles. The lowest BCUT2D eigenvalue weighted by atomic mass is 9.85. The molecule has 0 saturated carbocycles. The highest BCUT2D eigenvalue weighted by Gasteiger charge is 2.31. The molecule has 4 rings (SSSR count). The fourth-order valence-electron chi connectivity index (χ4n) is 4.51. The second-order valence-electron chi connectivity index (χ2n) is 8.89. The van der Waals surface area contributed by atoms with Crippen LogP contribution in [0.2, 0.25) is 0 Å². The number of hydrogen-bond donors (Lipinski definition) is 1. The molecule has 10 heteroatoms. The van der Waals surface area contributed by atoms with Crippen LogP contribution in [-0.2, 0) is 32.6 Å². The number of rotatable bonds is 5. The van der Waals surface area contributed by atoms with Gasteiger partial charge in [0.15, 0.2) is 5.78 Å². The van der Waals surface area contributed by atoms with Crippen LogP contribution in [0.1, 0.15) is 49.3 Å². The first kappa shape index (κ1) is 23.3. The van der Waals surface area contributed by atoms with Crippen molar-refractivity contribution in [3.05, 3.63) is 42.0 Å². The molecule has 1 aromatic carbocycles. The van der Waals surface area contributed by atoms with E-state index in [1.54, 1.807) is 19.1 Å². The van der Waals surface area contributed by atoms with Gasteiger partial charge in [0.1, 0.15) is 18.0 Å². The van der Waals surface area contributed by atoms with Gasteiger partial charge in [0, 0.05) is 43.5 Å². The van der Waals surface area contributed by atoms with Gasteiger partial charge in [-0.25, -0.2) is 13.4 Å². The number of anilines is 1. The number of sulfonamides is 1. The fourth-order valence-corrected chi connectivity index (χ4v) is 6.03. The maximum Gasteiger partial charge on any atom is 0.244 e. The zero-order valence-electron chi connectivity index (χ0n) is 18.8. The lowest BCUT2D eigenvalue weighted by molar-refractivity contribution is -0.125. The van der Waals surface area contributed by atoms with Crippen molar-refractivity contribution in [1.29, 1.82) is 0 Å². The van der Waals surface area contributed by atoms with E-state index in [0.717, 1.165) is 12.8 Å². The Morgan fingerprint density at radius 2 is 1.70 bits per heavy atom. The normalized spacial score (nSPS) is 22.0. The van der Waals surface area contributed by atoms with Crippen molar-refractivity contribution in [2.45, 2.75) is 51.0 Å². The molecule has 0 radical (unpaired) electrons. The van der Waals surface area contributed by atoms with Gasteiger partial charge in [-0.2, -0.15) is 4.31 Å². The molecule has 1 N–H and O–H groups in total. The predicted octanol–water partition coefficient (Wildman–Crippen LogP) is 2.28. The Balaban J connectivity index is 1.46. The molecule has 0 bridgehead atoms. The van der Waals surface area contributed by atoms with E-state index in [-0.39, 0.29) is 47.2 Å². The number of Topliss-reactive ketones (excluding diaryl/α,β-unsaturated/α-hetero) is 2. The van der Waals surface area contributed by atoms with Gasteiger partial charge in [0.05, 0.1) is 16.9 Å². The summed E-state index contributed by atoms with van der Waals surface area (Å²) in [6.45, 7) is 4.53. The maximum atomic E-state index is 12.8. The number of aromatic nitrogens is 2. The molecular formula is C23H28N4O5S. The lowest BCUT2D eigenvalue weighted by Crippen LogP contribution is -2.29. The summed E-state index contributed by atoms with van der Waals surface area (Å²) in [5, 5.41) is 2.74. The maximum absolute atomic E-state index is 12.8. The first-order chi connectivity index (χ1) is 15.7. The van der Waals surface area contributed by atoms with Crippen molar-refractivity contribution in [1.82, 2.24) is 13.9 Å². The Kier molecular flexibility index (Phi) is 6.49. The highest BCUT2D eigenvalue weighted by Crippen LogP contribution is 2.25. The second-order valence-corrected chi connectivity index (χ2v) is 10.8. The van der Waals surface area contributed by atoms with Gasteiger partial charge in [-0.1, -0.05) is 13.8 Å². The van der Waals surface area contributed by atoms with Crippen LogP contribution in [0.3, 0.4) is 0 Å². The van der Waals surface area contributed by atoms with Crippen molar-refractivity contribution in [2.24, 2.45) is 11.8 Å². The number of carbonyl (C=O) groups excluding carboxylic acids is 3. The number of hydrogen-bond acceptors (Lipinski definition) is 6. The van der Waals surface area contributed by atoms with E-state index < -0.39 is 10.0 Å². The molecule has 1 amide bonds. The standard InChI is InChI=1S/C23H28N4O5S/c1-15-11-19-22(20(28)12-16(2)23(15)30)26(14-24-19)13-21(29)25-17-5-7-18(8-6-17)33(31,32)27-9-3-4-10-27/h5-8,14-16H,3-4,9-13H2,1-2H3,(H,25,29). The molecule has 1 aliphatic heterocycles. The van der Waals surface area contributed by atoms with Crippen molar-refractivity contribution in [3.63, 3.8) is 0 Å². The van der Waals surface area contributed by atoms with E-state index in [4.69, 9.17) is 0 Å². The molecule has 2 aromatic rings. The molecule has 176 valence electrons. The highest BCUT2D eigenvalue weighted by molar-refractivity contribution is 7.89. The molecule has 1 fully saturated rings. The van der Waals surface area contributed by atoms with Crippen LogP contribution in [0.4, 0.5) is 5.69 Å². The summed E-state index contributed by atoms with van der Waals surface area (Å²) in [5.41, 5.74) is 1.38. The first-order valence-electron chi connectivity index (χ1n) is 11.2. The number of benzene rings is 1. The third-order valence-electron chi connectivity index (χ3n) is 6.29. The lowest BCUT2D eigenvalue weighted by Gasteiger charge is -2.20.